The predicted molar refractivity (Wildman–Crippen MR) is 120 cm³/mol. The van der Waals surface area contributed by atoms with Crippen molar-refractivity contribution in [1.29, 1.82) is 0 Å². The predicted octanol–water partition coefficient (Wildman–Crippen LogP) is 5.17. The first-order valence-corrected chi connectivity index (χ1v) is 9.52. The van der Waals surface area contributed by atoms with Gasteiger partial charge >= 0.3 is 6.03 Å². The molecule has 0 aromatic heterocycles. The van der Waals surface area contributed by atoms with Crippen molar-refractivity contribution in [2.45, 2.75) is 6.92 Å². The first kappa shape index (κ1) is 21.0. The Hall–Kier alpha value is -3.77. The van der Waals surface area contributed by atoms with Crippen LogP contribution in [0, 0.1) is 0 Å². The van der Waals surface area contributed by atoms with Crippen molar-refractivity contribution < 1.29 is 9.59 Å². The van der Waals surface area contributed by atoms with Crippen molar-refractivity contribution in [2.24, 2.45) is 10.2 Å². The maximum atomic E-state index is 12.9. The van der Waals surface area contributed by atoms with Crippen LogP contribution in [0.5, 0.6) is 0 Å². The number of urea groups is 1. The smallest absolute Gasteiger partial charge is 0.308 e. The summed E-state index contributed by atoms with van der Waals surface area (Å²) in [6.07, 6.45) is 0. The van der Waals surface area contributed by atoms with E-state index in [1.54, 1.807) is 67.6 Å². The largest absolute Gasteiger partial charge is 0.324 e. The van der Waals surface area contributed by atoms with Gasteiger partial charge in [-0.1, -0.05) is 72.3 Å². The first-order valence-electron chi connectivity index (χ1n) is 9.14. The van der Waals surface area contributed by atoms with Crippen LogP contribution in [0.3, 0.4) is 0 Å². The van der Waals surface area contributed by atoms with Crippen molar-refractivity contribution in [3.63, 3.8) is 0 Å². The molecule has 0 spiro atoms. The molecule has 0 saturated carbocycles. The average molecular weight is 419 g/mol. The second-order valence-corrected chi connectivity index (χ2v) is 6.72. The molecule has 0 atom stereocenters. The fraction of sp³-hybridized carbons (Fsp3) is 0.0435. The van der Waals surface area contributed by atoms with Crippen LogP contribution in [-0.4, -0.2) is 23.4 Å². The molecule has 7 heteroatoms. The van der Waals surface area contributed by atoms with Crippen LogP contribution in [0.2, 0.25) is 5.02 Å². The highest BCUT2D eigenvalue weighted by Crippen LogP contribution is 2.13. The van der Waals surface area contributed by atoms with Gasteiger partial charge in [0.25, 0.3) is 0 Å². The van der Waals surface area contributed by atoms with Gasteiger partial charge in [-0.25, -0.2) is 4.79 Å². The van der Waals surface area contributed by atoms with Gasteiger partial charge in [-0.2, -0.15) is 0 Å². The fourth-order valence-electron chi connectivity index (χ4n) is 2.57. The molecular weight excluding hydrogens is 400 g/mol. The third kappa shape index (κ3) is 5.86. The van der Waals surface area contributed by atoms with Crippen LogP contribution in [0.1, 0.15) is 22.8 Å². The van der Waals surface area contributed by atoms with E-state index in [9.17, 15) is 9.59 Å². The Bertz CT molecular complexity index is 1080. The van der Waals surface area contributed by atoms with Crippen LogP contribution >= 0.6 is 11.6 Å². The lowest BCUT2D eigenvalue weighted by molar-refractivity contribution is 0.106. The monoisotopic (exact) mass is 418 g/mol. The summed E-state index contributed by atoms with van der Waals surface area (Å²) >= 11 is 5.83. The lowest BCUT2D eigenvalue weighted by Gasteiger charge is -2.07. The van der Waals surface area contributed by atoms with Gasteiger partial charge in [-0.15, -0.1) is 10.2 Å². The molecule has 3 rings (SSSR count). The Balaban J connectivity index is 1.78. The Kier molecular flexibility index (Phi) is 7.08. The second-order valence-electron chi connectivity index (χ2n) is 6.28. The summed E-state index contributed by atoms with van der Waals surface area (Å²) in [4.78, 5) is 25.1. The molecule has 0 aliphatic heterocycles. The van der Waals surface area contributed by atoms with Gasteiger partial charge in [0.05, 0.1) is 0 Å². The number of benzene rings is 3. The summed E-state index contributed by atoms with van der Waals surface area (Å²) < 4.78 is 0. The molecule has 0 fully saturated rings. The summed E-state index contributed by atoms with van der Waals surface area (Å²) in [6.45, 7) is 1.58. The molecule has 6 nitrogen and oxygen atoms in total. The van der Waals surface area contributed by atoms with E-state index in [1.165, 1.54) is 0 Å². The van der Waals surface area contributed by atoms with Gasteiger partial charge in [-0.3, -0.25) is 10.1 Å². The molecular formula is C23H19ClN4O2. The van der Waals surface area contributed by atoms with E-state index < -0.39 is 6.03 Å². The lowest BCUT2D eigenvalue weighted by Crippen LogP contribution is -2.32. The minimum Gasteiger partial charge on any atom is -0.308 e. The minimum absolute atomic E-state index is 0.182. The molecule has 150 valence electrons. The van der Waals surface area contributed by atoms with Crippen LogP contribution in [0.15, 0.2) is 95.1 Å². The molecule has 0 radical (unpaired) electrons. The van der Waals surface area contributed by atoms with Crippen molar-refractivity contribution in [3.8, 4) is 0 Å². The van der Waals surface area contributed by atoms with E-state index in [0.29, 0.717) is 21.8 Å². The number of anilines is 1. The first-order chi connectivity index (χ1) is 14.5. The third-order valence-corrected chi connectivity index (χ3v) is 4.25. The Morgan fingerprint density at radius 1 is 0.767 bits per heavy atom. The van der Waals surface area contributed by atoms with Gasteiger partial charge in [0.15, 0.2) is 0 Å². The summed E-state index contributed by atoms with van der Waals surface area (Å²) in [5.41, 5.74) is 1.90. The standard InChI is InChI=1S/C23H19ClN4O2/c1-16(25-23(30)26-20-14-12-19(24)13-15-20)27-28-21(17-8-4-2-5-9-17)22(29)18-10-6-3-7-11-18/h2-15H,1H3,(H2,25,26,27,30)/b28-21+. The normalized spacial score (nSPS) is 11.7. The fourth-order valence-corrected chi connectivity index (χ4v) is 2.69. The lowest BCUT2D eigenvalue weighted by atomic mass is 10.0. The Labute approximate surface area is 179 Å². The van der Waals surface area contributed by atoms with Gasteiger partial charge in [-0.05, 0) is 31.2 Å². The molecule has 0 heterocycles. The molecule has 30 heavy (non-hydrogen) atoms. The minimum atomic E-state index is -0.482. The van der Waals surface area contributed by atoms with Crippen LogP contribution in [0.25, 0.3) is 0 Å². The van der Waals surface area contributed by atoms with Crippen LogP contribution < -0.4 is 10.6 Å². The molecule has 0 aliphatic rings. The summed E-state index contributed by atoms with van der Waals surface area (Å²) in [5, 5.41) is 14.0. The number of rotatable bonds is 5. The third-order valence-electron chi connectivity index (χ3n) is 3.99. The number of nitrogens with one attached hydrogen (secondary N) is 2. The van der Waals surface area contributed by atoms with Crippen LogP contribution in [-0.2, 0) is 0 Å². The van der Waals surface area contributed by atoms with E-state index in [1.807, 2.05) is 24.3 Å². The van der Waals surface area contributed by atoms with E-state index in [0.717, 1.165) is 0 Å². The maximum Gasteiger partial charge on any atom is 0.324 e. The summed E-state index contributed by atoms with van der Waals surface area (Å²) in [5.74, 6) is -0.0280. The average Bonchev–Trinajstić information content (AvgIpc) is 2.76. The van der Waals surface area contributed by atoms with Gasteiger partial charge in [0.1, 0.15) is 11.5 Å². The molecule has 0 bridgehead atoms. The van der Waals surface area contributed by atoms with Crippen molar-refractivity contribution in [2.75, 3.05) is 5.32 Å². The summed E-state index contributed by atoms with van der Waals surface area (Å²) in [6, 6.07) is 24.1. The zero-order valence-electron chi connectivity index (χ0n) is 16.2. The molecule has 0 aliphatic carbocycles. The number of ketones is 1. The van der Waals surface area contributed by atoms with E-state index in [4.69, 9.17) is 11.6 Å². The molecule has 2 amide bonds. The number of carbonyl (C=O) groups is 2. The van der Waals surface area contributed by atoms with E-state index in [2.05, 4.69) is 20.8 Å². The highest BCUT2D eigenvalue weighted by atomic mass is 35.5. The maximum absolute atomic E-state index is 12.9. The van der Waals surface area contributed by atoms with E-state index in [-0.39, 0.29) is 17.3 Å². The van der Waals surface area contributed by atoms with Gasteiger partial charge in [0, 0.05) is 21.8 Å². The Morgan fingerprint density at radius 2 is 1.33 bits per heavy atom. The highest BCUT2D eigenvalue weighted by molar-refractivity contribution is 6.51. The number of halogens is 1. The number of hydrogen-bond donors (Lipinski definition) is 2. The van der Waals surface area contributed by atoms with Gasteiger partial charge in [0.2, 0.25) is 5.78 Å². The zero-order chi connectivity index (χ0) is 21.3. The van der Waals surface area contributed by atoms with E-state index >= 15 is 0 Å². The van der Waals surface area contributed by atoms with Crippen molar-refractivity contribution in [3.05, 3.63) is 101 Å². The highest BCUT2D eigenvalue weighted by Gasteiger charge is 2.16. The number of hydrogen-bond acceptors (Lipinski definition) is 4. The topological polar surface area (TPSA) is 82.9 Å². The number of carbonyl (C=O) groups excluding carboxylic acids is 2. The number of amidine groups is 1. The molecule has 2 N–H and O–H groups in total. The number of nitrogens with zero attached hydrogens (tertiary/aromatic N) is 2. The van der Waals surface area contributed by atoms with Crippen molar-refractivity contribution in [1.82, 2.24) is 5.32 Å². The summed E-state index contributed by atoms with van der Waals surface area (Å²) in [7, 11) is 0. The quantitative estimate of drug-likeness (QED) is 0.259. The SMILES string of the molecule is C/C(=N\N=C(\C(=O)c1ccccc1)c1ccccc1)NC(=O)Nc1ccc(Cl)cc1. The Morgan fingerprint density at radius 3 is 1.93 bits per heavy atom. The second kappa shape index (κ2) is 10.1. The number of amides is 2. The van der Waals surface area contributed by atoms with Gasteiger partial charge < -0.3 is 5.32 Å². The zero-order valence-corrected chi connectivity index (χ0v) is 16.9. The molecule has 3 aromatic rings. The molecule has 3 aromatic carbocycles. The molecule has 0 saturated heterocycles. The van der Waals surface area contributed by atoms with Crippen LogP contribution in [0.4, 0.5) is 10.5 Å². The molecule has 0 unspecified atom stereocenters. The number of Topliss-reactive ketones (excluding diaryl/α,β-unsaturated/α-hetero) is 1. The van der Waals surface area contributed by atoms with Crippen molar-refractivity contribution >= 4 is 40.6 Å².